The van der Waals surface area contributed by atoms with Crippen LogP contribution in [0.15, 0.2) is 35.2 Å². The van der Waals surface area contributed by atoms with Gasteiger partial charge in [0.1, 0.15) is 5.82 Å². The van der Waals surface area contributed by atoms with Gasteiger partial charge in [-0.05, 0) is 35.0 Å². The second-order valence-electron chi connectivity index (χ2n) is 3.36. The van der Waals surface area contributed by atoms with Gasteiger partial charge in [0.05, 0.1) is 24.1 Å². The third-order valence-electron chi connectivity index (χ3n) is 2.01. The highest BCUT2D eigenvalue weighted by Crippen LogP contribution is 2.10. The number of halogens is 1. The summed E-state index contributed by atoms with van der Waals surface area (Å²) in [5.41, 5.74) is 1.82. The number of nitrogens with zero attached hydrogens (tertiary/aromatic N) is 3. The van der Waals surface area contributed by atoms with Crippen molar-refractivity contribution in [3.63, 3.8) is 0 Å². The maximum absolute atomic E-state index is 4.25. The molecule has 0 radical (unpaired) electrons. The Kier molecular flexibility index (Phi) is 3.46. The van der Waals surface area contributed by atoms with Crippen LogP contribution in [0.1, 0.15) is 11.4 Å². The van der Waals surface area contributed by atoms with Crippen LogP contribution in [0.5, 0.6) is 0 Å². The third-order valence-corrected chi connectivity index (χ3v) is 2.48. The summed E-state index contributed by atoms with van der Waals surface area (Å²) in [7, 11) is 0. The second-order valence-corrected chi connectivity index (χ2v) is 4.28. The molecular weight excluding hydrogens is 268 g/mol. The molecule has 0 atom stereocenters. The summed E-state index contributed by atoms with van der Waals surface area (Å²) in [6.07, 6.45) is 5.27. The van der Waals surface area contributed by atoms with Crippen LogP contribution < -0.4 is 5.32 Å². The number of hydrogen-bond acceptors (Lipinski definition) is 4. The molecular formula is C11H11BrN4. The van der Waals surface area contributed by atoms with E-state index in [1.54, 1.807) is 18.6 Å². The highest BCUT2D eigenvalue weighted by molar-refractivity contribution is 9.10. The summed E-state index contributed by atoms with van der Waals surface area (Å²) in [5.74, 6) is 0.825. The fourth-order valence-corrected chi connectivity index (χ4v) is 1.41. The first-order chi connectivity index (χ1) is 7.74. The van der Waals surface area contributed by atoms with Crippen molar-refractivity contribution in [1.82, 2.24) is 15.0 Å². The van der Waals surface area contributed by atoms with Crippen molar-refractivity contribution in [2.24, 2.45) is 0 Å². The lowest BCUT2D eigenvalue weighted by Gasteiger charge is -2.04. The first-order valence-corrected chi connectivity index (χ1v) is 5.66. The first-order valence-electron chi connectivity index (χ1n) is 4.87. The minimum Gasteiger partial charge on any atom is -0.364 e. The molecule has 16 heavy (non-hydrogen) atoms. The smallest absolute Gasteiger partial charge is 0.126 e. The summed E-state index contributed by atoms with van der Waals surface area (Å²) in [6, 6.07) is 3.85. The van der Waals surface area contributed by atoms with Crippen LogP contribution in [0.25, 0.3) is 0 Å². The van der Waals surface area contributed by atoms with Crippen LogP contribution in [0.2, 0.25) is 0 Å². The molecule has 4 nitrogen and oxygen atoms in total. The Hall–Kier alpha value is -1.49. The second kappa shape index (κ2) is 5.03. The molecule has 0 fully saturated rings. The summed E-state index contributed by atoms with van der Waals surface area (Å²) >= 11 is 3.34. The van der Waals surface area contributed by atoms with E-state index in [2.05, 4.69) is 36.2 Å². The number of anilines is 1. The van der Waals surface area contributed by atoms with Gasteiger partial charge in [-0.3, -0.25) is 9.97 Å². The van der Waals surface area contributed by atoms with E-state index in [1.807, 2.05) is 19.1 Å². The molecule has 0 unspecified atom stereocenters. The van der Waals surface area contributed by atoms with Crippen LogP contribution in [-0.2, 0) is 6.54 Å². The average Bonchev–Trinajstić information content (AvgIpc) is 2.30. The molecule has 0 saturated carbocycles. The molecule has 0 amide bonds. The van der Waals surface area contributed by atoms with Crippen LogP contribution in [-0.4, -0.2) is 15.0 Å². The van der Waals surface area contributed by atoms with E-state index in [0.717, 1.165) is 21.7 Å². The van der Waals surface area contributed by atoms with Gasteiger partial charge in [-0.15, -0.1) is 0 Å². The van der Waals surface area contributed by atoms with Crippen molar-refractivity contribution in [2.45, 2.75) is 13.5 Å². The summed E-state index contributed by atoms with van der Waals surface area (Å²) in [6.45, 7) is 2.54. The van der Waals surface area contributed by atoms with Gasteiger partial charge in [-0.25, -0.2) is 4.98 Å². The largest absolute Gasteiger partial charge is 0.364 e. The highest BCUT2D eigenvalue weighted by atomic mass is 79.9. The molecule has 2 aromatic rings. The number of aryl methyl sites for hydroxylation is 1. The zero-order chi connectivity index (χ0) is 11.4. The van der Waals surface area contributed by atoms with Gasteiger partial charge in [-0.2, -0.15) is 0 Å². The van der Waals surface area contributed by atoms with E-state index in [-0.39, 0.29) is 0 Å². The SMILES string of the molecule is Cc1cnc(CNc2ccc(Br)cn2)cn1. The molecule has 0 aliphatic heterocycles. The summed E-state index contributed by atoms with van der Waals surface area (Å²) < 4.78 is 0.966. The van der Waals surface area contributed by atoms with Crippen LogP contribution in [0.3, 0.4) is 0 Å². The lowest BCUT2D eigenvalue weighted by Crippen LogP contribution is -2.03. The monoisotopic (exact) mass is 278 g/mol. The Balaban J connectivity index is 1.97. The van der Waals surface area contributed by atoms with Gasteiger partial charge in [0, 0.05) is 16.9 Å². The summed E-state index contributed by atoms with van der Waals surface area (Å²) in [4.78, 5) is 12.6. The van der Waals surface area contributed by atoms with E-state index in [1.165, 1.54) is 0 Å². The lowest BCUT2D eigenvalue weighted by atomic mass is 10.4. The predicted molar refractivity (Wildman–Crippen MR) is 66.0 cm³/mol. The van der Waals surface area contributed by atoms with Crippen molar-refractivity contribution in [2.75, 3.05) is 5.32 Å². The molecule has 2 aromatic heterocycles. The molecule has 82 valence electrons. The zero-order valence-electron chi connectivity index (χ0n) is 8.81. The molecule has 5 heteroatoms. The normalized spacial score (nSPS) is 10.1. The maximum atomic E-state index is 4.25. The van der Waals surface area contributed by atoms with Crippen molar-refractivity contribution < 1.29 is 0 Å². The van der Waals surface area contributed by atoms with Crippen LogP contribution >= 0.6 is 15.9 Å². The molecule has 0 bridgehead atoms. The Morgan fingerprint density at radius 2 is 2.00 bits per heavy atom. The van der Waals surface area contributed by atoms with E-state index in [4.69, 9.17) is 0 Å². The highest BCUT2D eigenvalue weighted by Gasteiger charge is 1.96. The van der Waals surface area contributed by atoms with E-state index in [9.17, 15) is 0 Å². The minimum atomic E-state index is 0.627. The van der Waals surface area contributed by atoms with E-state index >= 15 is 0 Å². The zero-order valence-corrected chi connectivity index (χ0v) is 10.4. The topological polar surface area (TPSA) is 50.7 Å². The molecule has 0 aromatic carbocycles. The van der Waals surface area contributed by atoms with Gasteiger partial charge in [0.25, 0.3) is 0 Å². The van der Waals surface area contributed by atoms with Gasteiger partial charge in [-0.1, -0.05) is 0 Å². The fourth-order valence-electron chi connectivity index (χ4n) is 1.17. The molecule has 0 spiro atoms. The number of aromatic nitrogens is 3. The molecule has 2 heterocycles. The van der Waals surface area contributed by atoms with Gasteiger partial charge in [0.15, 0.2) is 0 Å². The maximum Gasteiger partial charge on any atom is 0.126 e. The van der Waals surface area contributed by atoms with Gasteiger partial charge < -0.3 is 5.32 Å². The van der Waals surface area contributed by atoms with Crippen molar-refractivity contribution >= 4 is 21.7 Å². The quantitative estimate of drug-likeness (QED) is 0.938. The number of hydrogen-bond donors (Lipinski definition) is 1. The molecule has 2 rings (SSSR count). The van der Waals surface area contributed by atoms with Crippen LogP contribution in [0.4, 0.5) is 5.82 Å². The Bertz CT molecular complexity index is 407. The Morgan fingerprint density at radius 1 is 1.12 bits per heavy atom. The molecule has 0 aliphatic rings. The number of rotatable bonds is 3. The minimum absolute atomic E-state index is 0.627. The fraction of sp³-hybridized carbons (Fsp3) is 0.182. The van der Waals surface area contributed by atoms with Gasteiger partial charge >= 0.3 is 0 Å². The molecule has 0 aliphatic carbocycles. The number of nitrogens with one attached hydrogen (secondary N) is 1. The standard InChI is InChI=1S/C11H11BrN4/c1-8-4-14-10(6-13-8)7-16-11-3-2-9(12)5-15-11/h2-6H,7H2,1H3,(H,15,16). The Labute approximate surface area is 102 Å². The molecule has 1 N–H and O–H groups in total. The van der Waals surface area contributed by atoms with Crippen molar-refractivity contribution in [3.05, 3.63) is 46.6 Å². The third kappa shape index (κ3) is 3.00. The lowest BCUT2D eigenvalue weighted by molar-refractivity contribution is 0.976. The van der Waals surface area contributed by atoms with Crippen molar-refractivity contribution in [1.29, 1.82) is 0 Å². The van der Waals surface area contributed by atoms with Crippen molar-refractivity contribution in [3.8, 4) is 0 Å². The van der Waals surface area contributed by atoms with Crippen LogP contribution in [0, 0.1) is 6.92 Å². The first kappa shape index (κ1) is 11.0. The van der Waals surface area contributed by atoms with E-state index in [0.29, 0.717) is 6.54 Å². The van der Waals surface area contributed by atoms with E-state index < -0.39 is 0 Å². The predicted octanol–water partition coefficient (Wildman–Crippen LogP) is 2.55. The Morgan fingerprint density at radius 3 is 2.62 bits per heavy atom. The van der Waals surface area contributed by atoms with Gasteiger partial charge in [0.2, 0.25) is 0 Å². The average molecular weight is 279 g/mol. The molecule has 0 saturated heterocycles. The number of pyridine rings is 1. The summed E-state index contributed by atoms with van der Waals surface area (Å²) in [5, 5.41) is 3.17.